The molecule has 0 bridgehead atoms. The van der Waals surface area contributed by atoms with Crippen LogP contribution < -0.4 is 0 Å². The Balaban J connectivity index is 1.82. The molecule has 0 aliphatic carbocycles. The lowest BCUT2D eigenvalue weighted by molar-refractivity contribution is 0.140. The Morgan fingerprint density at radius 3 is 2.75 bits per heavy atom. The molecule has 1 fully saturated rings. The van der Waals surface area contributed by atoms with Crippen LogP contribution in [0.2, 0.25) is 0 Å². The zero-order valence-electron chi connectivity index (χ0n) is 9.97. The van der Waals surface area contributed by atoms with Crippen LogP contribution in [0.5, 0.6) is 0 Å². The number of aliphatic hydroxyl groups is 1. The first-order valence-electron chi connectivity index (χ1n) is 6.24. The van der Waals surface area contributed by atoms with Gasteiger partial charge in [-0.3, -0.25) is 0 Å². The molecule has 16 heavy (non-hydrogen) atoms. The number of benzene rings is 1. The Hall–Kier alpha value is -0.860. The average Bonchev–Trinajstić information content (AvgIpc) is 2.73. The van der Waals surface area contributed by atoms with Crippen molar-refractivity contribution in [2.24, 2.45) is 0 Å². The third-order valence-corrected chi connectivity index (χ3v) is 3.56. The van der Waals surface area contributed by atoms with Gasteiger partial charge in [-0.15, -0.1) is 0 Å². The standard InChI is InChI=1S/C14H21NO/c1-12-6-5-10-15(12)11-9-14(16)13-7-3-2-4-8-13/h2-4,7-8,12,14,16H,5-6,9-11H2,1H3. The molecule has 0 spiro atoms. The van der Waals surface area contributed by atoms with Crippen LogP contribution in [0, 0.1) is 0 Å². The lowest BCUT2D eigenvalue weighted by Crippen LogP contribution is -2.28. The molecule has 1 aliphatic heterocycles. The van der Waals surface area contributed by atoms with E-state index in [1.807, 2.05) is 30.3 Å². The van der Waals surface area contributed by atoms with Crippen LogP contribution in [0.3, 0.4) is 0 Å². The zero-order valence-corrected chi connectivity index (χ0v) is 9.97. The second-order valence-corrected chi connectivity index (χ2v) is 4.74. The van der Waals surface area contributed by atoms with E-state index in [0.29, 0.717) is 6.04 Å². The third-order valence-electron chi connectivity index (χ3n) is 3.56. The van der Waals surface area contributed by atoms with Gasteiger partial charge in [0, 0.05) is 12.6 Å². The summed E-state index contributed by atoms with van der Waals surface area (Å²) in [5.41, 5.74) is 1.04. The maximum Gasteiger partial charge on any atom is 0.0802 e. The number of aliphatic hydroxyl groups excluding tert-OH is 1. The summed E-state index contributed by atoms with van der Waals surface area (Å²) < 4.78 is 0. The van der Waals surface area contributed by atoms with Crippen molar-refractivity contribution in [1.29, 1.82) is 0 Å². The second kappa shape index (κ2) is 5.46. The summed E-state index contributed by atoms with van der Waals surface area (Å²) in [6.45, 7) is 4.49. The molecule has 0 amide bonds. The average molecular weight is 219 g/mol. The highest BCUT2D eigenvalue weighted by Crippen LogP contribution is 2.21. The minimum atomic E-state index is -0.311. The Labute approximate surface area is 97.9 Å². The molecule has 2 atom stereocenters. The van der Waals surface area contributed by atoms with E-state index < -0.39 is 0 Å². The van der Waals surface area contributed by atoms with E-state index in [0.717, 1.165) is 18.5 Å². The quantitative estimate of drug-likeness (QED) is 0.841. The Kier molecular flexibility index (Phi) is 3.97. The first kappa shape index (κ1) is 11.6. The van der Waals surface area contributed by atoms with Crippen LogP contribution in [0.4, 0.5) is 0 Å². The predicted molar refractivity (Wildman–Crippen MR) is 66.3 cm³/mol. The maximum atomic E-state index is 10.0. The number of nitrogens with zero attached hydrogens (tertiary/aromatic N) is 1. The fraction of sp³-hybridized carbons (Fsp3) is 0.571. The lowest BCUT2D eigenvalue weighted by atomic mass is 10.1. The van der Waals surface area contributed by atoms with Crippen LogP contribution in [-0.2, 0) is 0 Å². The van der Waals surface area contributed by atoms with E-state index in [1.165, 1.54) is 19.4 Å². The van der Waals surface area contributed by atoms with Crippen molar-refractivity contribution >= 4 is 0 Å². The summed E-state index contributed by atoms with van der Waals surface area (Å²) in [4.78, 5) is 2.48. The molecule has 2 unspecified atom stereocenters. The van der Waals surface area contributed by atoms with Gasteiger partial charge in [0.1, 0.15) is 0 Å². The van der Waals surface area contributed by atoms with Gasteiger partial charge in [-0.2, -0.15) is 0 Å². The molecule has 0 saturated carbocycles. The highest BCUT2D eigenvalue weighted by Gasteiger charge is 2.20. The number of hydrogen-bond donors (Lipinski definition) is 1. The van der Waals surface area contributed by atoms with Crippen molar-refractivity contribution < 1.29 is 5.11 Å². The molecule has 2 rings (SSSR count). The predicted octanol–water partition coefficient (Wildman–Crippen LogP) is 2.59. The van der Waals surface area contributed by atoms with E-state index in [9.17, 15) is 5.11 Å². The second-order valence-electron chi connectivity index (χ2n) is 4.74. The van der Waals surface area contributed by atoms with E-state index in [-0.39, 0.29) is 6.10 Å². The number of likely N-dealkylation sites (tertiary alicyclic amines) is 1. The van der Waals surface area contributed by atoms with E-state index >= 15 is 0 Å². The summed E-state index contributed by atoms with van der Waals surface area (Å²) in [5, 5.41) is 10.0. The van der Waals surface area contributed by atoms with Crippen molar-refractivity contribution in [2.75, 3.05) is 13.1 Å². The number of rotatable bonds is 4. The van der Waals surface area contributed by atoms with E-state index in [2.05, 4.69) is 11.8 Å². The SMILES string of the molecule is CC1CCCN1CCC(O)c1ccccc1. The lowest BCUT2D eigenvalue weighted by Gasteiger charge is -2.22. The van der Waals surface area contributed by atoms with Crippen molar-refractivity contribution in [3.63, 3.8) is 0 Å². The molecule has 1 aromatic carbocycles. The topological polar surface area (TPSA) is 23.5 Å². The molecule has 88 valence electrons. The van der Waals surface area contributed by atoms with Gasteiger partial charge in [0.2, 0.25) is 0 Å². The number of hydrogen-bond acceptors (Lipinski definition) is 2. The molecule has 0 radical (unpaired) electrons. The molecule has 1 saturated heterocycles. The smallest absolute Gasteiger partial charge is 0.0802 e. The molecule has 1 heterocycles. The first-order chi connectivity index (χ1) is 7.77. The molecule has 1 aliphatic rings. The molecular formula is C14H21NO. The minimum absolute atomic E-state index is 0.311. The van der Waals surface area contributed by atoms with Crippen LogP contribution in [-0.4, -0.2) is 29.1 Å². The molecule has 1 N–H and O–H groups in total. The van der Waals surface area contributed by atoms with Crippen molar-refractivity contribution in [1.82, 2.24) is 4.90 Å². The highest BCUT2D eigenvalue weighted by atomic mass is 16.3. The van der Waals surface area contributed by atoms with Crippen molar-refractivity contribution in [2.45, 2.75) is 38.3 Å². The molecule has 1 aromatic rings. The molecular weight excluding hydrogens is 198 g/mol. The fourth-order valence-electron chi connectivity index (χ4n) is 2.45. The molecule has 0 aromatic heterocycles. The van der Waals surface area contributed by atoms with Gasteiger partial charge in [0.15, 0.2) is 0 Å². The summed E-state index contributed by atoms with van der Waals surface area (Å²) in [6.07, 6.45) is 3.15. The van der Waals surface area contributed by atoms with Gasteiger partial charge in [0.25, 0.3) is 0 Å². The van der Waals surface area contributed by atoms with E-state index in [4.69, 9.17) is 0 Å². The zero-order chi connectivity index (χ0) is 11.4. The van der Waals surface area contributed by atoms with Gasteiger partial charge in [-0.1, -0.05) is 30.3 Å². The van der Waals surface area contributed by atoms with Crippen molar-refractivity contribution in [3.05, 3.63) is 35.9 Å². The summed E-state index contributed by atoms with van der Waals surface area (Å²) >= 11 is 0. The minimum Gasteiger partial charge on any atom is -0.388 e. The van der Waals surface area contributed by atoms with Crippen LogP contribution >= 0.6 is 0 Å². The van der Waals surface area contributed by atoms with Gasteiger partial charge >= 0.3 is 0 Å². The molecule has 2 heteroatoms. The largest absolute Gasteiger partial charge is 0.388 e. The summed E-state index contributed by atoms with van der Waals surface area (Å²) in [7, 11) is 0. The summed E-state index contributed by atoms with van der Waals surface area (Å²) in [5.74, 6) is 0. The normalized spacial score (nSPS) is 23.5. The Morgan fingerprint density at radius 1 is 1.38 bits per heavy atom. The summed E-state index contributed by atoms with van der Waals surface area (Å²) in [6, 6.07) is 10.6. The Morgan fingerprint density at radius 2 is 2.12 bits per heavy atom. The third kappa shape index (κ3) is 2.83. The fourth-order valence-corrected chi connectivity index (χ4v) is 2.45. The van der Waals surface area contributed by atoms with E-state index in [1.54, 1.807) is 0 Å². The van der Waals surface area contributed by atoms with Crippen molar-refractivity contribution in [3.8, 4) is 0 Å². The maximum absolute atomic E-state index is 10.0. The van der Waals surface area contributed by atoms with Gasteiger partial charge in [-0.05, 0) is 38.3 Å². The monoisotopic (exact) mass is 219 g/mol. The highest BCUT2D eigenvalue weighted by molar-refractivity contribution is 5.17. The first-order valence-corrected chi connectivity index (χ1v) is 6.24. The van der Waals surface area contributed by atoms with Crippen LogP contribution in [0.15, 0.2) is 30.3 Å². The van der Waals surface area contributed by atoms with Crippen LogP contribution in [0.25, 0.3) is 0 Å². The van der Waals surface area contributed by atoms with Crippen LogP contribution in [0.1, 0.15) is 37.9 Å². The van der Waals surface area contributed by atoms with Gasteiger partial charge < -0.3 is 10.0 Å². The van der Waals surface area contributed by atoms with Gasteiger partial charge in [0.05, 0.1) is 6.10 Å². The molecule has 2 nitrogen and oxygen atoms in total. The van der Waals surface area contributed by atoms with Gasteiger partial charge in [-0.25, -0.2) is 0 Å². The Bertz CT molecular complexity index is 312.